The first-order valence-corrected chi connectivity index (χ1v) is 9.92. The SMILES string of the molecule is N#Cc1c(N)nc(N)nc1NCCCc1nc2cccc(F)c2c(=O)n1-c1cccc(F)c1. The highest BCUT2D eigenvalue weighted by Crippen LogP contribution is 2.20. The molecule has 0 spiro atoms. The summed E-state index contributed by atoms with van der Waals surface area (Å²) >= 11 is 0. The van der Waals surface area contributed by atoms with E-state index in [2.05, 4.69) is 20.3 Å². The number of nitrogens with two attached hydrogens (primary N) is 2. The van der Waals surface area contributed by atoms with Crippen molar-refractivity contribution in [3.05, 3.63) is 75.8 Å². The van der Waals surface area contributed by atoms with Crippen LogP contribution in [0.15, 0.2) is 47.3 Å². The van der Waals surface area contributed by atoms with Crippen molar-refractivity contribution in [2.75, 3.05) is 23.3 Å². The van der Waals surface area contributed by atoms with E-state index < -0.39 is 17.2 Å². The summed E-state index contributed by atoms with van der Waals surface area (Å²) in [7, 11) is 0. The van der Waals surface area contributed by atoms with Crippen molar-refractivity contribution in [3.63, 3.8) is 0 Å². The predicted octanol–water partition coefficient (Wildman–Crippen LogP) is 2.53. The molecule has 33 heavy (non-hydrogen) atoms. The number of fused-ring (bicyclic) bond motifs is 1. The molecule has 0 saturated carbocycles. The van der Waals surface area contributed by atoms with Crippen LogP contribution in [-0.4, -0.2) is 26.1 Å². The number of halogens is 2. The van der Waals surface area contributed by atoms with E-state index in [-0.39, 0.29) is 46.2 Å². The van der Waals surface area contributed by atoms with Gasteiger partial charge < -0.3 is 16.8 Å². The first kappa shape index (κ1) is 21.6. The van der Waals surface area contributed by atoms with Crippen LogP contribution in [0.25, 0.3) is 16.6 Å². The zero-order chi connectivity index (χ0) is 23.5. The number of anilines is 3. The van der Waals surface area contributed by atoms with Gasteiger partial charge in [-0.05, 0) is 36.8 Å². The fourth-order valence-electron chi connectivity index (χ4n) is 3.47. The second kappa shape index (κ2) is 8.88. The van der Waals surface area contributed by atoms with Crippen molar-refractivity contribution in [1.82, 2.24) is 19.5 Å². The lowest BCUT2D eigenvalue weighted by Gasteiger charge is -2.14. The molecule has 0 aliphatic rings. The van der Waals surface area contributed by atoms with Gasteiger partial charge in [0.15, 0.2) is 5.82 Å². The van der Waals surface area contributed by atoms with Gasteiger partial charge in [0.2, 0.25) is 5.95 Å². The summed E-state index contributed by atoms with van der Waals surface area (Å²) in [5, 5.41) is 12.1. The summed E-state index contributed by atoms with van der Waals surface area (Å²) in [5.41, 5.74) is 11.2. The minimum atomic E-state index is -0.702. The van der Waals surface area contributed by atoms with Gasteiger partial charge in [0, 0.05) is 13.0 Å². The van der Waals surface area contributed by atoms with Gasteiger partial charge in [-0.25, -0.2) is 13.8 Å². The summed E-state index contributed by atoms with van der Waals surface area (Å²) in [6.07, 6.45) is 0.723. The number of benzene rings is 2. The number of nitrogens with zero attached hydrogens (tertiary/aromatic N) is 5. The first-order chi connectivity index (χ1) is 15.9. The molecule has 0 atom stereocenters. The molecule has 2 aromatic carbocycles. The molecule has 9 nitrogen and oxygen atoms in total. The highest BCUT2D eigenvalue weighted by Gasteiger charge is 2.16. The molecule has 2 aromatic heterocycles. The van der Waals surface area contributed by atoms with Crippen molar-refractivity contribution in [2.45, 2.75) is 12.8 Å². The van der Waals surface area contributed by atoms with Crippen LogP contribution in [0.5, 0.6) is 0 Å². The van der Waals surface area contributed by atoms with E-state index >= 15 is 0 Å². The summed E-state index contributed by atoms with van der Waals surface area (Å²) < 4.78 is 29.5. The fourth-order valence-corrected chi connectivity index (χ4v) is 3.47. The maximum Gasteiger partial charge on any atom is 0.268 e. The third-order valence-corrected chi connectivity index (χ3v) is 4.92. The van der Waals surface area contributed by atoms with Crippen molar-refractivity contribution >= 4 is 28.5 Å². The maximum atomic E-state index is 14.4. The van der Waals surface area contributed by atoms with Gasteiger partial charge in [0.25, 0.3) is 5.56 Å². The van der Waals surface area contributed by atoms with E-state index in [1.165, 1.54) is 34.9 Å². The number of hydrogen-bond acceptors (Lipinski definition) is 8. The van der Waals surface area contributed by atoms with E-state index in [4.69, 9.17) is 11.5 Å². The van der Waals surface area contributed by atoms with Gasteiger partial charge in [-0.15, -0.1) is 0 Å². The van der Waals surface area contributed by atoms with Crippen LogP contribution in [0.4, 0.5) is 26.4 Å². The average molecular weight is 448 g/mol. The van der Waals surface area contributed by atoms with Crippen LogP contribution >= 0.6 is 0 Å². The van der Waals surface area contributed by atoms with E-state index in [1.807, 2.05) is 6.07 Å². The summed E-state index contributed by atoms with van der Waals surface area (Å²) in [4.78, 5) is 25.4. The van der Waals surface area contributed by atoms with Crippen LogP contribution in [0, 0.1) is 23.0 Å². The Morgan fingerprint density at radius 2 is 1.88 bits per heavy atom. The second-order valence-electron chi connectivity index (χ2n) is 7.12. The monoisotopic (exact) mass is 448 g/mol. The second-order valence-corrected chi connectivity index (χ2v) is 7.12. The third-order valence-electron chi connectivity index (χ3n) is 4.92. The van der Waals surface area contributed by atoms with Gasteiger partial charge in [-0.3, -0.25) is 9.36 Å². The first-order valence-electron chi connectivity index (χ1n) is 9.92. The normalized spacial score (nSPS) is 10.8. The summed E-state index contributed by atoms with van der Waals surface area (Å²) in [6.45, 7) is 0.324. The predicted molar refractivity (Wildman–Crippen MR) is 120 cm³/mol. The number of nitriles is 1. The number of hydrogen-bond donors (Lipinski definition) is 3. The lowest BCUT2D eigenvalue weighted by atomic mass is 10.2. The molecule has 166 valence electrons. The quantitative estimate of drug-likeness (QED) is 0.381. The highest BCUT2D eigenvalue weighted by molar-refractivity contribution is 5.78. The fraction of sp³-hybridized carbons (Fsp3) is 0.136. The van der Waals surface area contributed by atoms with Crippen LogP contribution < -0.4 is 22.3 Å². The molecule has 0 unspecified atom stereocenters. The Hall–Kier alpha value is -4.59. The molecular weight excluding hydrogens is 430 g/mol. The number of rotatable bonds is 6. The molecule has 0 saturated heterocycles. The lowest BCUT2D eigenvalue weighted by Crippen LogP contribution is -2.25. The van der Waals surface area contributed by atoms with Crippen LogP contribution in [0.2, 0.25) is 0 Å². The Bertz CT molecular complexity index is 1460. The van der Waals surface area contributed by atoms with Crippen molar-refractivity contribution in [2.24, 2.45) is 0 Å². The Morgan fingerprint density at radius 1 is 1.09 bits per heavy atom. The Kier molecular flexibility index (Phi) is 5.82. The van der Waals surface area contributed by atoms with Gasteiger partial charge >= 0.3 is 0 Å². The van der Waals surface area contributed by atoms with Gasteiger partial charge in [-0.1, -0.05) is 12.1 Å². The van der Waals surface area contributed by atoms with Crippen molar-refractivity contribution in [3.8, 4) is 11.8 Å². The van der Waals surface area contributed by atoms with Crippen LogP contribution in [0.1, 0.15) is 17.8 Å². The number of nitrogens with one attached hydrogen (secondary N) is 1. The van der Waals surface area contributed by atoms with Crippen LogP contribution in [-0.2, 0) is 6.42 Å². The molecule has 0 fully saturated rings. The Balaban J connectivity index is 1.66. The minimum Gasteiger partial charge on any atom is -0.382 e. The van der Waals surface area contributed by atoms with Gasteiger partial charge in [-0.2, -0.15) is 15.2 Å². The zero-order valence-corrected chi connectivity index (χ0v) is 17.2. The zero-order valence-electron chi connectivity index (χ0n) is 17.2. The molecule has 5 N–H and O–H groups in total. The molecule has 11 heteroatoms. The molecule has 4 rings (SSSR count). The lowest BCUT2D eigenvalue weighted by molar-refractivity contribution is 0.624. The Morgan fingerprint density at radius 3 is 2.64 bits per heavy atom. The number of nitrogen functional groups attached to an aromatic ring is 2. The molecule has 2 heterocycles. The smallest absolute Gasteiger partial charge is 0.268 e. The number of aryl methyl sites for hydroxylation is 1. The molecule has 0 aliphatic carbocycles. The van der Waals surface area contributed by atoms with Crippen LogP contribution in [0.3, 0.4) is 0 Å². The molecule has 0 aliphatic heterocycles. The average Bonchev–Trinajstić information content (AvgIpc) is 2.76. The Labute approximate surface area is 186 Å². The topological polar surface area (TPSA) is 149 Å². The van der Waals surface area contributed by atoms with Crippen molar-refractivity contribution in [1.29, 1.82) is 5.26 Å². The van der Waals surface area contributed by atoms with E-state index in [1.54, 1.807) is 12.1 Å². The molecule has 0 radical (unpaired) electrons. The standard InChI is InChI=1S/C22H18F2N8O/c23-12-4-1-5-13(10-12)32-17(29-16-7-2-6-15(24)18(16)21(32)33)8-3-9-28-20-14(11-25)19(26)30-22(27)31-20/h1-2,4-7,10H,3,8-9H2,(H5,26,27,28,30,31). The largest absolute Gasteiger partial charge is 0.382 e. The van der Waals surface area contributed by atoms with E-state index in [9.17, 15) is 18.8 Å². The molecule has 0 bridgehead atoms. The van der Waals surface area contributed by atoms with Gasteiger partial charge in [0.05, 0.1) is 11.2 Å². The van der Waals surface area contributed by atoms with E-state index in [0.29, 0.717) is 18.8 Å². The number of aromatic nitrogens is 4. The van der Waals surface area contributed by atoms with Gasteiger partial charge in [0.1, 0.15) is 40.3 Å². The molecular formula is C22H18F2N8O. The molecule has 4 aromatic rings. The third kappa shape index (κ3) is 4.27. The van der Waals surface area contributed by atoms with E-state index in [0.717, 1.165) is 0 Å². The maximum absolute atomic E-state index is 14.4. The summed E-state index contributed by atoms with van der Waals surface area (Å²) in [5.74, 6) is -0.834. The minimum absolute atomic E-state index is 0.0364. The molecule has 0 amide bonds. The van der Waals surface area contributed by atoms with Crippen molar-refractivity contribution < 1.29 is 8.78 Å². The summed E-state index contributed by atoms with van der Waals surface area (Å²) in [6, 6.07) is 11.6. The highest BCUT2D eigenvalue weighted by atomic mass is 19.1.